The molecule has 0 aliphatic heterocycles. The number of anilines is 3. The second kappa shape index (κ2) is 6.26. The van der Waals surface area contributed by atoms with Crippen LogP contribution in [-0.4, -0.2) is 12.5 Å². The summed E-state index contributed by atoms with van der Waals surface area (Å²) < 4.78 is 13.3. The van der Waals surface area contributed by atoms with Crippen LogP contribution < -0.4 is 16.4 Å². The highest BCUT2D eigenvalue weighted by atomic mass is 19.1. The van der Waals surface area contributed by atoms with Crippen molar-refractivity contribution >= 4 is 23.0 Å². The number of nitrogens with two attached hydrogens (primary N) is 1. The van der Waals surface area contributed by atoms with E-state index < -0.39 is 0 Å². The van der Waals surface area contributed by atoms with Crippen LogP contribution in [0.4, 0.5) is 21.5 Å². The molecule has 2 aromatic carbocycles. The van der Waals surface area contributed by atoms with Crippen LogP contribution in [0.5, 0.6) is 0 Å². The molecular weight excluding hydrogens is 269 g/mol. The lowest BCUT2D eigenvalue weighted by Gasteiger charge is -2.12. The molecule has 0 heterocycles. The summed E-state index contributed by atoms with van der Waals surface area (Å²) in [6, 6.07) is 9.72. The second-order valence-electron chi connectivity index (χ2n) is 4.75. The molecule has 0 aromatic heterocycles. The first-order valence-corrected chi connectivity index (χ1v) is 6.72. The highest BCUT2D eigenvalue weighted by molar-refractivity contribution is 5.96. The van der Waals surface area contributed by atoms with Gasteiger partial charge in [0.25, 0.3) is 5.91 Å². The van der Waals surface area contributed by atoms with E-state index in [0.29, 0.717) is 34.7 Å². The van der Waals surface area contributed by atoms with Crippen LogP contribution in [0.15, 0.2) is 36.4 Å². The topological polar surface area (TPSA) is 67.2 Å². The summed E-state index contributed by atoms with van der Waals surface area (Å²) in [4.78, 5) is 11.8. The van der Waals surface area contributed by atoms with Gasteiger partial charge < -0.3 is 16.4 Å². The number of rotatable bonds is 4. The minimum atomic E-state index is -0.260. The highest BCUT2D eigenvalue weighted by Crippen LogP contribution is 2.25. The van der Waals surface area contributed by atoms with E-state index in [0.717, 1.165) is 0 Å². The van der Waals surface area contributed by atoms with Crippen LogP contribution in [0.3, 0.4) is 0 Å². The molecule has 2 aromatic rings. The molecule has 0 radical (unpaired) electrons. The van der Waals surface area contributed by atoms with E-state index in [4.69, 9.17) is 5.73 Å². The molecule has 0 saturated carbocycles. The van der Waals surface area contributed by atoms with Crippen molar-refractivity contribution in [1.82, 2.24) is 5.32 Å². The number of benzene rings is 2. The van der Waals surface area contributed by atoms with Crippen molar-refractivity contribution in [3.63, 3.8) is 0 Å². The molecule has 0 aliphatic carbocycles. The number of nitrogens with one attached hydrogen (secondary N) is 2. The van der Waals surface area contributed by atoms with Crippen molar-refractivity contribution in [3.8, 4) is 0 Å². The number of hydrogen-bond acceptors (Lipinski definition) is 3. The number of amides is 1. The summed E-state index contributed by atoms with van der Waals surface area (Å²) in [5, 5.41) is 5.84. The van der Waals surface area contributed by atoms with Crippen LogP contribution in [0.1, 0.15) is 22.8 Å². The Morgan fingerprint density at radius 3 is 2.67 bits per heavy atom. The van der Waals surface area contributed by atoms with Crippen molar-refractivity contribution in [1.29, 1.82) is 0 Å². The average molecular weight is 287 g/mol. The van der Waals surface area contributed by atoms with Gasteiger partial charge in [-0.1, -0.05) is 0 Å². The Kier molecular flexibility index (Phi) is 4.42. The number of carbonyl (C=O) groups excluding carboxylic acids is 1. The molecular formula is C16H18FN3O. The smallest absolute Gasteiger partial charge is 0.251 e. The molecule has 0 fully saturated rings. The fraction of sp³-hybridized carbons (Fsp3) is 0.188. The zero-order valence-electron chi connectivity index (χ0n) is 12.0. The van der Waals surface area contributed by atoms with Gasteiger partial charge in [0.1, 0.15) is 5.82 Å². The SMILES string of the molecule is CCNC(=O)c1ccc(N)c(Nc2ccc(F)c(C)c2)c1. The highest BCUT2D eigenvalue weighted by Gasteiger charge is 2.08. The molecule has 4 nitrogen and oxygen atoms in total. The minimum Gasteiger partial charge on any atom is -0.397 e. The van der Waals surface area contributed by atoms with Gasteiger partial charge in [0, 0.05) is 17.8 Å². The standard InChI is InChI=1S/C16H18FN3O/c1-3-19-16(21)11-4-7-14(18)15(9-11)20-12-5-6-13(17)10(2)8-12/h4-9,20H,3,18H2,1-2H3,(H,19,21). The third-order valence-corrected chi connectivity index (χ3v) is 3.09. The zero-order chi connectivity index (χ0) is 15.4. The van der Waals surface area contributed by atoms with Crippen LogP contribution in [-0.2, 0) is 0 Å². The first kappa shape index (κ1) is 14.8. The molecule has 0 aliphatic rings. The molecule has 0 atom stereocenters. The molecule has 4 N–H and O–H groups in total. The summed E-state index contributed by atoms with van der Waals surface area (Å²) in [6.07, 6.45) is 0. The van der Waals surface area contributed by atoms with Crippen LogP contribution >= 0.6 is 0 Å². The Labute approximate surface area is 123 Å². The lowest BCUT2D eigenvalue weighted by molar-refractivity contribution is 0.0956. The van der Waals surface area contributed by atoms with E-state index in [2.05, 4.69) is 10.6 Å². The van der Waals surface area contributed by atoms with Gasteiger partial charge in [0.05, 0.1) is 11.4 Å². The third-order valence-electron chi connectivity index (χ3n) is 3.09. The van der Waals surface area contributed by atoms with Crippen molar-refractivity contribution in [2.24, 2.45) is 0 Å². The summed E-state index contributed by atoms with van der Waals surface area (Å²) in [5.74, 6) is -0.416. The number of nitrogen functional groups attached to an aromatic ring is 1. The van der Waals surface area contributed by atoms with E-state index in [1.165, 1.54) is 6.07 Å². The maximum atomic E-state index is 13.3. The van der Waals surface area contributed by atoms with E-state index in [9.17, 15) is 9.18 Å². The lowest BCUT2D eigenvalue weighted by Crippen LogP contribution is -2.22. The predicted molar refractivity (Wildman–Crippen MR) is 83.3 cm³/mol. The molecule has 110 valence electrons. The van der Waals surface area contributed by atoms with E-state index in [-0.39, 0.29) is 11.7 Å². The van der Waals surface area contributed by atoms with E-state index in [1.54, 1.807) is 37.3 Å². The summed E-state index contributed by atoms with van der Waals surface area (Å²) >= 11 is 0. The maximum Gasteiger partial charge on any atom is 0.251 e. The van der Waals surface area contributed by atoms with Crippen LogP contribution in [0.2, 0.25) is 0 Å². The van der Waals surface area contributed by atoms with Gasteiger partial charge in [0.15, 0.2) is 0 Å². The number of carbonyl (C=O) groups is 1. The van der Waals surface area contributed by atoms with Gasteiger partial charge in [-0.05, 0) is 55.8 Å². The fourth-order valence-electron chi connectivity index (χ4n) is 1.95. The Hall–Kier alpha value is -2.56. The zero-order valence-corrected chi connectivity index (χ0v) is 12.0. The monoisotopic (exact) mass is 287 g/mol. The Bertz CT molecular complexity index is 671. The molecule has 0 spiro atoms. The minimum absolute atomic E-state index is 0.157. The van der Waals surface area contributed by atoms with E-state index >= 15 is 0 Å². The van der Waals surface area contributed by atoms with Crippen LogP contribution in [0, 0.1) is 12.7 Å². The summed E-state index contributed by atoms with van der Waals surface area (Å²) in [6.45, 7) is 4.10. The second-order valence-corrected chi connectivity index (χ2v) is 4.75. The molecule has 0 bridgehead atoms. The summed E-state index contributed by atoms with van der Waals surface area (Å²) in [7, 11) is 0. The van der Waals surface area contributed by atoms with Crippen molar-refractivity contribution in [2.75, 3.05) is 17.6 Å². The predicted octanol–water partition coefficient (Wildman–Crippen LogP) is 3.21. The fourth-order valence-corrected chi connectivity index (χ4v) is 1.95. The molecule has 2 rings (SSSR count). The largest absolute Gasteiger partial charge is 0.397 e. The van der Waals surface area contributed by atoms with E-state index in [1.807, 2.05) is 6.92 Å². The number of aryl methyl sites for hydroxylation is 1. The lowest BCUT2D eigenvalue weighted by atomic mass is 10.1. The first-order valence-electron chi connectivity index (χ1n) is 6.72. The van der Waals surface area contributed by atoms with Crippen LogP contribution in [0.25, 0.3) is 0 Å². The molecule has 0 saturated heterocycles. The average Bonchev–Trinajstić information content (AvgIpc) is 2.45. The van der Waals surface area contributed by atoms with Gasteiger partial charge in [0.2, 0.25) is 0 Å². The molecule has 0 unspecified atom stereocenters. The van der Waals surface area contributed by atoms with Crippen molar-refractivity contribution in [3.05, 3.63) is 53.3 Å². The Morgan fingerprint density at radius 2 is 2.00 bits per heavy atom. The van der Waals surface area contributed by atoms with Gasteiger partial charge in [-0.15, -0.1) is 0 Å². The van der Waals surface area contributed by atoms with Gasteiger partial charge in [-0.2, -0.15) is 0 Å². The number of halogens is 1. The van der Waals surface area contributed by atoms with Gasteiger partial charge in [-0.3, -0.25) is 4.79 Å². The maximum absolute atomic E-state index is 13.3. The normalized spacial score (nSPS) is 10.2. The van der Waals surface area contributed by atoms with Gasteiger partial charge in [-0.25, -0.2) is 4.39 Å². The molecule has 5 heteroatoms. The summed E-state index contributed by atoms with van der Waals surface area (Å²) in [5.41, 5.74) is 8.82. The Balaban J connectivity index is 2.28. The van der Waals surface area contributed by atoms with Crippen molar-refractivity contribution in [2.45, 2.75) is 13.8 Å². The molecule has 21 heavy (non-hydrogen) atoms. The first-order chi connectivity index (χ1) is 10.0. The quantitative estimate of drug-likeness (QED) is 0.756. The van der Waals surface area contributed by atoms with Gasteiger partial charge >= 0.3 is 0 Å². The molecule has 1 amide bonds. The third kappa shape index (κ3) is 3.51. The van der Waals surface area contributed by atoms with Crippen molar-refractivity contribution < 1.29 is 9.18 Å². The number of hydrogen-bond donors (Lipinski definition) is 3. The Morgan fingerprint density at radius 1 is 1.24 bits per heavy atom.